The van der Waals surface area contributed by atoms with Crippen LogP contribution in [0, 0.1) is 0 Å². The van der Waals surface area contributed by atoms with Crippen molar-refractivity contribution in [3.8, 4) is 11.5 Å². The molecular weight excluding hydrogens is 396 g/mol. The first-order valence-corrected chi connectivity index (χ1v) is 8.61. The zero-order chi connectivity index (χ0) is 17.7. The van der Waals surface area contributed by atoms with Crippen LogP contribution < -0.4 is 14.6 Å². The first-order valence-electron chi connectivity index (χ1n) is 7.00. The number of aromatic carboxylic acids is 1. The number of carbonyl (C=O) groups is 2. The van der Waals surface area contributed by atoms with Gasteiger partial charge in [-0.2, -0.15) is 0 Å². The SMILES string of the molecule is CCOc1cc(/C=C/C(=O)c2ccc(C(=O)[O-])s2)cc(Br)c1OC. The average molecular weight is 410 g/mol. The molecule has 0 radical (unpaired) electrons. The van der Waals surface area contributed by atoms with Crippen molar-refractivity contribution in [1.29, 1.82) is 0 Å². The summed E-state index contributed by atoms with van der Waals surface area (Å²) in [6.45, 7) is 2.35. The van der Waals surface area contributed by atoms with E-state index in [1.807, 2.05) is 6.92 Å². The lowest BCUT2D eigenvalue weighted by Gasteiger charge is -2.11. The van der Waals surface area contributed by atoms with Crippen molar-refractivity contribution in [3.05, 3.63) is 50.1 Å². The van der Waals surface area contributed by atoms with E-state index in [0.29, 0.717) is 27.5 Å². The van der Waals surface area contributed by atoms with Gasteiger partial charge >= 0.3 is 0 Å². The number of carboxylic acids is 1. The Labute approximate surface area is 151 Å². The largest absolute Gasteiger partial charge is 0.544 e. The van der Waals surface area contributed by atoms with E-state index in [0.717, 1.165) is 16.9 Å². The third-order valence-electron chi connectivity index (χ3n) is 3.01. The van der Waals surface area contributed by atoms with E-state index in [9.17, 15) is 14.7 Å². The molecule has 1 heterocycles. The molecule has 2 aromatic rings. The number of halogens is 1. The molecule has 0 bridgehead atoms. The Kier molecular flexibility index (Phi) is 6.16. The van der Waals surface area contributed by atoms with E-state index in [2.05, 4.69) is 15.9 Å². The maximum absolute atomic E-state index is 12.1. The molecular formula is C17H14BrO5S-. The Morgan fingerprint density at radius 2 is 2.00 bits per heavy atom. The number of methoxy groups -OCH3 is 1. The van der Waals surface area contributed by atoms with Crippen LogP contribution in [0.2, 0.25) is 0 Å². The molecule has 0 fully saturated rings. The van der Waals surface area contributed by atoms with Gasteiger partial charge in [0.15, 0.2) is 17.3 Å². The third-order valence-corrected chi connectivity index (χ3v) is 4.68. The van der Waals surface area contributed by atoms with Gasteiger partial charge in [0, 0.05) is 0 Å². The van der Waals surface area contributed by atoms with E-state index in [4.69, 9.17) is 9.47 Å². The number of hydrogen-bond acceptors (Lipinski definition) is 6. The van der Waals surface area contributed by atoms with Crippen molar-refractivity contribution in [2.24, 2.45) is 0 Å². The van der Waals surface area contributed by atoms with Gasteiger partial charge in [0.2, 0.25) is 0 Å². The number of ketones is 1. The molecule has 5 nitrogen and oxygen atoms in total. The molecule has 0 unspecified atom stereocenters. The summed E-state index contributed by atoms with van der Waals surface area (Å²) in [5.41, 5.74) is 0.746. The molecule has 7 heteroatoms. The summed E-state index contributed by atoms with van der Waals surface area (Å²) in [7, 11) is 1.55. The summed E-state index contributed by atoms with van der Waals surface area (Å²) in [5.74, 6) is -0.421. The standard InChI is InChI=1S/C17H15BrO5S/c1-3-23-13-9-10(8-11(18)16(13)22-2)4-5-12(19)14-6-7-15(24-14)17(20)21/h4-9H,3H2,1-2H3,(H,20,21)/p-1/b5-4+. The smallest absolute Gasteiger partial charge is 0.195 e. The molecule has 0 aliphatic rings. The van der Waals surface area contributed by atoms with Crippen molar-refractivity contribution in [2.45, 2.75) is 6.92 Å². The number of benzene rings is 1. The molecule has 0 atom stereocenters. The third kappa shape index (κ3) is 4.24. The van der Waals surface area contributed by atoms with Crippen LogP contribution >= 0.6 is 27.3 Å². The van der Waals surface area contributed by atoms with E-state index in [-0.39, 0.29) is 10.7 Å². The second-order valence-corrected chi connectivity index (χ2v) is 6.55. The molecule has 0 amide bonds. The van der Waals surface area contributed by atoms with Gasteiger partial charge in [-0.15, -0.1) is 11.3 Å². The van der Waals surface area contributed by atoms with Crippen LogP contribution in [0.25, 0.3) is 6.08 Å². The Bertz CT molecular complexity index is 794. The van der Waals surface area contributed by atoms with Crippen molar-refractivity contribution >= 4 is 45.1 Å². The highest BCUT2D eigenvalue weighted by atomic mass is 79.9. The summed E-state index contributed by atoms with van der Waals surface area (Å²) in [4.78, 5) is 23.2. The highest BCUT2D eigenvalue weighted by Gasteiger charge is 2.11. The van der Waals surface area contributed by atoms with Crippen LogP contribution in [-0.2, 0) is 0 Å². The van der Waals surface area contributed by atoms with Crippen LogP contribution in [0.5, 0.6) is 11.5 Å². The minimum absolute atomic E-state index is 0.0255. The summed E-state index contributed by atoms with van der Waals surface area (Å²) < 4.78 is 11.5. The number of allylic oxidation sites excluding steroid dienone is 1. The van der Waals surface area contributed by atoms with Gasteiger partial charge in [-0.05, 0) is 58.8 Å². The lowest BCUT2D eigenvalue weighted by molar-refractivity contribution is -0.254. The highest BCUT2D eigenvalue weighted by molar-refractivity contribution is 9.10. The van der Waals surface area contributed by atoms with Crippen LogP contribution in [0.15, 0.2) is 34.8 Å². The van der Waals surface area contributed by atoms with Gasteiger partial charge in [-0.3, -0.25) is 4.79 Å². The highest BCUT2D eigenvalue weighted by Crippen LogP contribution is 2.37. The molecule has 24 heavy (non-hydrogen) atoms. The topological polar surface area (TPSA) is 75.7 Å². The summed E-state index contributed by atoms with van der Waals surface area (Å²) in [6.07, 6.45) is 3.02. The number of carboxylic acid groups (broad SMARTS) is 1. The van der Waals surface area contributed by atoms with Gasteiger partial charge in [0.05, 0.1) is 33.9 Å². The second kappa shape index (κ2) is 8.12. The predicted octanol–water partition coefficient (Wildman–Crippen LogP) is 3.18. The van der Waals surface area contributed by atoms with Crippen molar-refractivity contribution < 1.29 is 24.2 Å². The van der Waals surface area contributed by atoms with Gasteiger partial charge in [0.25, 0.3) is 0 Å². The maximum atomic E-state index is 12.1. The Morgan fingerprint density at radius 1 is 1.29 bits per heavy atom. The number of thiophene rings is 1. The van der Waals surface area contributed by atoms with Crippen LogP contribution in [0.1, 0.15) is 31.8 Å². The number of ether oxygens (including phenoxy) is 2. The molecule has 2 rings (SSSR count). The molecule has 0 N–H and O–H groups in total. The van der Waals surface area contributed by atoms with Gasteiger partial charge in [-0.1, -0.05) is 6.08 Å². The fourth-order valence-corrected chi connectivity index (χ4v) is 3.36. The second-order valence-electron chi connectivity index (χ2n) is 4.62. The summed E-state index contributed by atoms with van der Waals surface area (Å²) in [6, 6.07) is 6.39. The molecule has 1 aromatic heterocycles. The Balaban J connectivity index is 2.24. The molecule has 1 aromatic carbocycles. The molecule has 0 saturated carbocycles. The van der Waals surface area contributed by atoms with Crippen molar-refractivity contribution in [1.82, 2.24) is 0 Å². The molecule has 126 valence electrons. The van der Waals surface area contributed by atoms with Crippen LogP contribution in [-0.4, -0.2) is 25.5 Å². The van der Waals surface area contributed by atoms with Gasteiger partial charge in [0.1, 0.15) is 0 Å². The van der Waals surface area contributed by atoms with E-state index in [1.165, 1.54) is 18.2 Å². The fraction of sp³-hybridized carbons (Fsp3) is 0.176. The molecule has 0 saturated heterocycles. The Hall–Kier alpha value is -2.12. The zero-order valence-electron chi connectivity index (χ0n) is 13.0. The fourth-order valence-electron chi connectivity index (χ4n) is 1.98. The molecule has 0 spiro atoms. The Morgan fingerprint density at radius 3 is 2.58 bits per heavy atom. The first-order chi connectivity index (χ1) is 11.5. The van der Waals surface area contributed by atoms with Gasteiger partial charge < -0.3 is 19.4 Å². The van der Waals surface area contributed by atoms with Gasteiger partial charge in [-0.25, -0.2) is 0 Å². The summed E-state index contributed by atoms with van der Waals surface area (Å²) in [5, 5.41) is 10.8. The van der Waals surface area contributed by atoms with Crippen molar-refractivity contribution in [3.63, 3.8) is 0 Å². The zero-order valence-corrected chi connectivity index (χ0v) is 15.4. The van der Waals surface area contributed by atoms with Crippen LogP contribution in [0.3, 0.4) is 0 Å². The number of hydrogen-bond donors (Lipinski definition) is 0. The lowest BCUT2D eigenvalue weighted by Crippen LogP contribution is -2.20. The minimum Gasteiger partial charge on any atom is -0.544 e. The lowest BCUT2D eigenvalue weighted by atomic mass is 10.1. The average Bonchev–Trinajstić information content (AvgIpc) is 3.03. The van der Waals surface area contributed by atoms with Crippen molar-refractivity contribution in [2.75, 3.05) is 13.7 Å². The first kappa shape index (κ1) is 18.2. The minimum atomic E-state index is -1.29. The normalized spacial score (nSPS) is 10.8. The molecule has 0 aliphatic carbocycles. The summed E-state index contributed by atoms with van der Waals surface area (Å²) >= 11 is 4.29. The maximum Gasteiger partial charge on any atom is 0.195 e. The van der Waals surface area contributed by atoms with Crippen LogP contribution in [0.4, 0.5) is 0 Å². The monoisotopic (exact) mass is 409 g/mol. The van der Waals surface area contributed by atoms with E-state index >= 15 is 0 Å². The molecule has 0 aliphatic heterocycles. The number of carbonyl (C=O) groups excluding carboxylic acids is 2. The number of rotatable bonds is 7. The predicted molar refractivity (Wildman–Crippen MR) is 93.9 cm³/mol. The van der Waals surface area contributed by atoms with E-state index in [1.54, 1.807) is 25.3 Å². The quantitative estimate of drug-likeness (QED) is 0.518. The van der Waals surface area contributed by atoms with E-state index < -0.39 is 5.97 Å².